The van der Waals surface area contributed by atoms with E-state index in [0.29, 0.717) is 12.2 Å². The second kappa shape index (κ2) is 8.25. The van der Waals surface area contributed by atoms with Crippen LogP contribution >= 0.6 is 0 Å². The molecule has 2 N–H and O–H groups in total. The summed E-state index contributed by atoms with van der Waals surface area (Å²) < 4.78 is 0. The van der Waals surface area contributed by atoms with E-state index in [-0.39, 0.29) is 11.8 Å². The van der Waals surface area contributed by atoms with Crippen LogP contribution in [0.15, 0.2) is 35.1 Å². The lowest BCUT2D eigenvalue weighted by Gasteiger charge is -2.37. The molecule has 0 spiro atoms. The van der Waals surface area contributed by atoms with Gasteiger partial charge in [-0.3, -0.25) is 0 Å². The molecule has 0 aromatic carbocycles. The zero-order chi connectivity index (χ0) is 16.8. The topological polar surface area (TPSA) is 40.5 Å². The first-order valence-corrected chi connectivity index (χ1v) is 8.22. The van der Waals surface area contributed by atoms with Gasteiger partial charge in [0.15, 0.2) is 0 Å². The molecule has 1 aliphatic rings. The van der Waals surface area contributed by atoms with E-state index in [4.69, 9.17) is 6.42 Å². The van der Waals surface area contributed by atoms with Gasteiger partial charge in [-0.15, -0.1) is 6.42 Å². The Morgan fingerprint density at radius 1 is 1.50 bits per heavy atom. The van der Waals surface area contributed by atoms with Crippen molar-refractivity contribution in [1.82, 2.24) is 0 Å². The zero-order valence-electron chi connectivity index (χ0n) is 14.4. The molecule has 2 heteroatoms. The highest BCUT2D eigenvalue weighted by Crippen LogP contribution is 2.39. The van der Waals surface area contributed by atoms with E-state index in [9.17, 15) is 10.2 Å². The molecule has 2 unspecified atom stereocenters. The number of aliphatic hydroxyl groups excluding tert-OH is 1. The fraction of sp³-hybridized carbons (Fsp3) is 0.600. The molecule has 0 aromatic heterocycles. The summed E-state index contributed by atoms with van der Waals surface area (Å²) in [4.78, 5) is 0. The molecular formula is C20H30O2. The first-order chi connectivity index (χ1) is 10.3. The molecule has 2 nitrogen and oxygen atoms in total. The van der Waals surface area contributed by atoms with Gasteiger partial charge < -0.3 is 10.2 Å². The predicted molar refractivity (Wildman–Crippen MR) is 93.4 cm³/mol. The highest BCUT2D eigenvalue weighted by molar-refractivity contribution is 5.28. The zero-order valence-corrected chi connectivity index (χ0v) is 14.4. The second-order valence-electron chi connectivity index (χ2n) is 6.95. The van der Waals surface area contributed by atoms with Crippen LogP contribution in [0.4, 0.5) is 0 Å². The number of hydrogen-bond acceptors (Lipinski definition) is 2. The smallest absolute Gasteiger partial charge is 0.0931 e. The Hall–Kier alpha value is -1.46. The molecule has 2 atom stereocenters. The average molecular weight is 302 g/mol. The van der Waals surface area contributed by atoms with Crippen molar-refractivity contribution in [1.29, 1.82) is 0 Å². The summed E-state index contributed by atoms with van der Waals surface area (Å²) in [5, 5.41) is 20.7. The van der Waals surface area contributed by atoms with Gasteiger partial charge in [-0.2, -0.15) is 0 Å². The van der Waals surface area contributed by atoms with Crippen molar-refractivity contribution in [2.24, 2.45) is 11.8 Å². The van der Waals surface area contributed by atoms with Gasteiger partial charge in [0.05, 0.1) is 11.4 Å². The van der Waals surface area contributed by atoms with E-state index in [2.05, 4.69) is 25.8 Å². The van der Waals surface area contributed by atoms with Gasteiger partial charge >= 0.3 is 0 Å². The van der Waals surface area contributed by atoms with Crippen molar-refractivity contribution in [3.8, 4) is 12.3 Å². The molecule has 122 valence electrons. The van der Waals surface area contributed by atoms with Crippen LogP contribution in [0.25, 0.3) is 0 Å². The maximum Gasteiger partial charge on any atom is 0.0931 e. The van der Waals surface area contributed by atoms with Crippen LogP contribution in [0, 0.1) is 24.2 Å². The molecule has 0 bridgehead atoms. The number of terminal acetylenes is 1. The van der Waals surface area contributed by atoms with Crippen LogP contribution in [-0.2, 0) is 0 Å². The first-order valence-electron chi connectivity index (χ1n) is 8.22. The van der Waals surface area contributed by atoms with E-state index >= 15 is 0 Å². The van der Waals surface area contributed by atoms with Gasteiger partial charge in [-0.25, -0.2) is 0 Å². The highest BCUT2D eigenvalue weighted by Gasteiger charge is 2.35. The molecule has 0 fully saturated rings. The van der Waals surface area contributed by atoms with Gasteiger partial charge in [-0.1, -0.05) is 30.9 Å². The fourth-order valence-corrected chi connectivity index (χ4v) is 3.34. The third-order valence-corrected chi connectivity index (χ3v) is 4.38. The summed E-state index contributed by atoms with van der Waals surface area (Å²) in [6, 6.07) is 0. The van der Waals surface area contributed by atoms with Crippen molar-refractivity contribution in [3.05, 3.63) is 35.1 Å². The minimum atomic E-state index is -0.733. The monoisotopic (exact) mass is 302 g/mol. The summed E-state index contributed by atoms with van der Waals surface area (Å²) in [5.74, 6) is 3.21. The standard InChI is InChI=1S/C20H30O2/c1-6-8-16(9-7-2)13-18(21)14-17-12-15(3)10-11-19(17)20(4,5)22/h1,8,12-13,17,19,21-22H,7,9-11,14H2,2-5H3/b16-8-,18-13+. The van der Waals surface area contributed by atoms with Crippen LogP contribution in [0.1, 0.15) is 59.8 Å². The predicted octanol–water partition coefficient (Wildman–Crippen LogP) is 4.92. The Morgan fingerprint density at radius 2 is 2.18 bits per heavy atom. The molecule has 0 radical (unpaired) electrons. The SMILES string of the molecule is C#C/C=C(\C=C(\O)CC1C=C(C)CCC1C(C)(C)O)CCC. The Balaban J connectivity index is 2.91. The quantitative estimate of drug-likeness (QED) is 0.316. The Labute approximate surface area is 135 Å². The highest BCUT2D eigenvalue weighted by atomic mass is 16.3. The molecule has 0 saturated carbocycles. The van der Waals surface area contributed by atoms with E-state index in [0.717, 1.165) is 31.3 Å². The summed E-state index contributed by atoms with van der Waals surface area (Å²) >= 11 is 0. The summed E-state index contributed by atoms with van der Waals surface area (Å²) in [6.07, 6.45) is 15.5. The lowest BCUT2D eigenvalue weighted by molar-refractivity contribution is -0.00955. The number of aliphatic hydroxyl groups is 2. The van der Waals surface area contributed by atoms with Gasteiger partial charge in [-0.05, 0) is 69.6 Å². The van der Waals surface area contributed by atoms with Crippen molar-refractivity contribution < 1.29 is 10.2 Å². The normalized spacial score (nSPS) is 23.9. The summed E-state index contributed by atoms with van der Waals surface area (Å²) in [5.41, 5.74) is 1.59. The average Bonchev–Trinajstić information content (AvgIpc) is 2.37. The number of hydrogen-bond donors (Lipinski definition) is 2. The van der Waals surface area contributed by atoms with Gasteiger partial charge in [0.25, 0.3) is 0 Å². The molecule has 0 saturated heterocycles. The lowest BCUT2D eigenvalue weighted by Crippen LogP contribution is -2.37. The summed E-state index contributed by atoms with van der Waals surface area (Å²) in [6.45, 7) is 7.93. The Morgan fingerprint density at radius 3 is 2.73 bits per heavy atom. The van der Waals surface area contributed by atoms with Crippen LogP contribution in [0.2, 0.25) is 0 Å². The molecule has 0 heterocycles. The van der Waals surface area contributed by atoms with Crippen molar-refractivity contribution in [3.63, 3.8) is 0 Å². The molecule has 0 aliphatic heterocycles. The number of rotatable bonds is 6. The van der Waals surface area contributed by atoms with Crippen molar-refractivity contribution >= 4 is 0 Å². The van der Waals surface area contributed by atoms with Crippen LogP contribution < -0.4 is 0 Å². The van der Waals surface area contributed by atoms with E-state index in [1.54, 1.807) is 12.2 Å². The molecule has 0 aromatic rings. The van der Waals surface area contributed by atoms with Crippen molar-refractivity contribution in [2.45, 2.75) is 65.4 Å². The van der Waals surface area contributed by atoms with E-state index in [1.165, 1.54) is 5.57 Å². The van der Waals surface area contributed by atoms with Gasteiger partial charge in [0.1, 0.15) is 0 Å². The largest absolute Gasteiger partial charge is 0.512 e. The minimum absolute atomic E-state index is 0.165. The molecule has 1 rings (SSSR count). The maximum absolute atomic E-state index is 10.4. The third kappa shape index (κ3) is 5.73. The Bertz CT molecular complexity index is 495. The first kappa shape index (κ1) is 18.6. The fourth-order valence-electron chi connectivity index (χ4n) is 3.34. The Kier molecular flexibility index (Phi) is 6.97. The van der Waals surface area contributed by atoms with Crippen molar-refractivity contribution in [2.75, 3.05) is 0 Å². The summed E-state index contributed by atoms with van der Waals surface area (Å²) in [7, 11) is 0. The molecular weight excluding hydrogens is 272 g/mol. The van der Waals surface area contributed by atoms with Crippen LogP contribution in [0.3, 0.4) is 0 Å². The van der Waals surface area contributed by atoms with E-state index in [1.807, 2.05) is 13.8 Å². The van der Waals surface area contributed by atoms with Gasteiger partial charge in [0, 0.05) is 6.42 Å². The van der Waals surface area contributed by atoms with Crippen LogP contribution in [-0.4, -0.2) is 15.8 Å². The number of allylic oxidation sites excluding steroid dienone is 6. The molecule has 1 aliphatic carbocycles. The third-order valence-electron chi connectivity index (χ3n) is 4.38. The molecule has 0 amide bonds. The van der Waals surface area contributed by atoms with Crippen LogP contribution in [0.5, 0.6) is 0 Å². The lowest BCUT2D eigenvalue weighted by atomic mass is 9.71. The second-order valence-corrected chi connectivity index (χ2v) is 6.95. The maximum atomic E-state index is 10.4. The van der Waals surface area contributed by atoms with E-state index < -0.39 is 5.60 Å². The molecule has 22 heavy (non-hydrogen) atoms. The van der Waals surface area contributed by atoms with Gasteiger partial charge in [0.2, 0.25) is 0 Å². The minimum Gasteiger partial charge on any atom is -0.512 e.